The first kappa shape index (κ1) is 10.2. The van der Waals surface area contributed by atoms with Crippen LogP contribution in [0.1, 0.15) is 6.42 Å². The van der Waals surface area contributed by atoms with E-state index in [1.165, 1.54) is 12.4 Å². The molecule has 1 fully saturated rings. The number of H-pyrrole nitrogens is 1. The van der Waals surface area contributed by atoms with Crippen molar-refractivity contribution in [3.05, 3.63) is 28.9 Å². The third kappa shape index (κ3) is 4.24. The number of nitrogens with zero attached hydrogens (tertiary/aromatic N) is 1. The number of rotatable bonds is 0. The van der Waals surface area contributed by atoms with Crippen molar-refractivity contribution in [1.82, 2.24) is 20.6 Å². The fraction of sp³-hybridized carbons (Fsp3) is 0.375. The SMILES string of the molecule is O=C1NCCCN1.O=c1nccc[nH]1. The van der Waals surface area contributed by atoms with Gasteiger partial charge < -0.3 is 15.6 Å². The second-order valence-corrected chi connectivity index (χ2v) is 2.62. The highest BCUT2D eigenvalue weighted by Gasteiger charge is 2.02. The number of urea groups is 1. The molecule has 2 rings (SSSR count). The van der Waals surface area contributed by atoms with Crippen molar-refractivity contribution < 1.29 is 4.79 Å². The maximum absolute atomic E-state index is 10.2. The summed E-state index contributed by atoms with van der Waals surface area (Å²) in [6.45, 7) is 1.65. The van der Waals surface area contributed by atoms with Crippen molar-refractivity contribution in [2.75, 3.05) is 13.1 Å². The zero-order valence-electron chi connectivity index (χ0n) is 7.62. The van der Waals surface area contributed by atoms with Crippen LogP contribution in [-0.2, 0) is 0 Å². The molecule has 0 spiro atoms. The largest absolute Gasteiger partial charge is 0.344 e. The van der Waals surface area contributed by atoms with Gasteiger partial charge in [0.2, 0.25) is 0 Å². The van der Waals surface area contributed by atoms with E-state index in [4.69, 9.17) is 0 Å². The first-order valence-corrected chi connectivity index (χ1v) is 4.30. The Morgan fingerprint density at radius 1 is 1.21 bits per heavy atom. The van der Waals surface area contributed by atoms with Crippen LogP contribution in [0.3, 0.4) is 0 Å². The van der Waals surface area contributed by atoms with Crippen LogP contribution < -0.4 is 16.3 Å². The van der Waals surface area contributed by atoms with Crippen LogP contribution >= 0.6 is 0 Å². The molecule has 6 nitrogen and oxygen atoms in total. The minimum absolute atomic E-state index is 0.0359. The van der Waals surface area contributed by atoms with E-state index in [1.807, 2.05) is 0 Å². The molecule has 1 aromatic heterocycles. The van der Waals surface area contributed by atoms with Crippen LogP contribution in [0.2, 0.25) is 0 Å². The van der Waals surface area contributed by atoms with Crippen molar-refractivity contribution in [2.24, 2.45) is 0 Å². The Hall–Kier alpha value is -1.85. The maximum Gasteiger partial charge on any atom is 0.344 e. The minimum atomic E-state index is -0.303. The normalized spacial score (nSPS) is 14.4. The van der Waals surface area contributed by atoms with Crippen molar-refractivity contribution in [2.45, 2.75) is 6.42 Å². The van der Waals surface area contributed by atoms with Gasteiger partial charge in [0.05, 0.1) is 0 Å². The lowest BCUT2D eigenvalue weighted by atomic mass is 10.4. The molecule has 6 heteroatoms. The lowest BCUT2D eigenvalue weighted by Crippen LogP contribution is -2.42. The Morgan fingerprint density at radius 3 is 2.21 bits per heavy atom. The third-order valence-electron chi connectivity index (χ3n) is 1.51. The fourth-order valence-corrected chi connectivity index (χ4v) is 0.865. The highest BCUT2D eigenvalue weighted by atomic mass is 16.2. The van der Waals surface area contributed by atoms with Gasteiger partial charge in [-0.15, -0.1) is 0 Å². The summed E-state index contributed by atoms with van der Waals surface area (Å²) in [6.07, 6.45) is 4.03. The number of hydrogen-bond acceptors (Lipinski definition) is 3. The average molecular weight is 196 g/mol. The summed E-state index contributed by atoms with van der Waals surface area (Å²) in [6, 6.07) is 1.62. The number of aromatic nitrogens is 2. The molecule has 1 aliphatic rings. The lowest BCUT2D eigenvalue weighted by molar-refractivity contribution is 0.236. The van der Waals surface area contributed by atoms with Gasteiger partial charge in [-0.3, -0.25) is 0 Å². The first-order valence-electron chi connectivity index (χ1n) is 4.30. The van der Waals surface area contributed by atoms with Crippen LogP contribution in [0.5, 0.6) is 0 Å². The van der Waals surface area contributed by atoms with Gasteiger partial charge in [-0.05, 0) is 12.5 Å². The maximum atomic E-state index is 10.2. The first-order chi connectivity index (χ1) is 6.79. The predicted octanol–water partition coefficient (Wildman–Crippen LogP) is -0.541. The van der Waals surface area contributed by atoms with Crippen LogP contribution in [-0.4, -0.2) is 29.1 Å². The Morgan fingerprint density at radius 2 is 1.93 bits per heavy atom. The molecule has 1 saturated heterocycles. The van der Waals surface area contributed by atoms with E-state index in [0.29, 0.717) is 0 Å². The molecule has 2 heterocycles. The van der Waals surface area contributed by atoms with Crippen LogP contribution in [0.25, 0.3) is 0 Å². The van der Waals surface area contributed by atoms with Gasteiger partial charge in [-0.25, -0.2) is 14.6 Å². The topological polar surface area (TPSA) is 86.9 Å². The second kappa shape index (κ2) is 5.74. The summed E-state index contributed by atoms with van der Waals surface area (Å²) in [5.41, 5.74) is -0.303. The van der Waals surface area contributed by atoms with Gasteiger partial charge in [0.15, 0.2) is 0 Å². The van der Waals surface area contributed by atoms with Crippen molar-refractivity contribution >= 4 is 6.03 Å². The Labute approximate surface area is 80.8 Å². The molecule has 0 bridgehead atoms. The molecule has 0 saturated carbocycles. The highest BCUT2D eigenvalue weighted by Crippen LogP contribution is 1.79. The zero-order valence-corrected chi connectivity index (χ0v) is 7.62. The molecular formula is C8H12N4O2. The highest BCUT2D eigenvalue weighted by molar-refractivity contribution is 5.74. The molecular weight excluding hydrogens is 184 g/mol. The summed E-state index contributed by atoms with van der Waals surface area (Å²) in [7, 11) is 0. The van der Waals surface area contributed by atoms with E-state index in [2.05, 4.69) is 20.6 Å². The monoisotopic (exact) mass is 196 g/mol. The lowest BCUT2D eigenvalue weighted by Gasteiger charge is -2.11. The molecule has 3 N–H and O–H groups in total. The molecule has 0 atom stereocenters. The summed E-state index contributed by atoms with van der Waals surface area (Å²) >= 11 is 0. The molecule has 76 valence electrons. The van der Waals surface area contributed by atoms with Gasteiger partial charge in [-0.2, -0.15) is 0 Å². The van der Waals surface area contributed by atoms with E-state index >= 15 is 0 Å². The minimum Gasteiger partial charge on any atom is -0.338 e. The smallest absolute Gasteiger partial charge is 0.338 e. The Bertz CT molecular complexity index is 311. The molecule has 2 amide bonds. The quantitative estimate of drug-likeness (QED) is 0.520. The number of carbonyl (C=O) groups excluding carboxylic acids is 1. The van der Waals surface area contributed by atoms with Gasteiger partial charge in [0.25, 0.3) is 0 Å². The summed E-state index contributed by atoms with van der Waals surface area (Å²) in [5, 5.41) is 5.26. The van der Waals surface area contributed by atoms with Gasteiger partial charge in [-0.1, -0.05) is 0 Å². The van der Waals surface area contributed by atoms with Crippen LogP contribution in [0.15, 0.2) is 23.3 Å². The number of aromatic amines is 1. The number of amides is 2. The molecule has 0 aliphatic carbocycles. The Kier molecular flexibility index (Phi) is 4.19. The molecule has 0 aromatic carbocycles. The second-order valence-electron chi connectivity index (χ2n) is 2.62. The van der Waals surface area contributed by atoms with Crippen LogP contribution in [0, 0.1) is 0 Å². The Balaban J connectivity index is 0.000000140. The van der Waals surface area contributed by atoms with Gasteiger partial charge in [0.1, 0.15) is 0 Å². The molecule has 1 aliphatic heterocycles. The standard InChI is InChI=1S/C4H8N2O.C4H4N2O/c2*7-4-5-2-1-3-6-4/h1-3H2,(H2,5,6,7);1-3H,(H,5,6,7). The van der Waals surface area contributed by atoms with Gasteiger partial charge >= 0.3 is 11.7 Å². The van der Waals surface area contributed by atoms with Crippen molar-refractivity contribution in [3.8, 4) is 0 Å². The van der Waals surface area contributed by atoms with E-state index in [1.54, 1.807) is 6.07 Å². The third-order valence-corrected chi connectivity index (χ3v) is 1.51. The molecule has 0 unspecified atom stereocenters. The van der Waals surface area contributed by atoms with E-state index in [0.717, 1.165) is 19.5 Å². The predicted molar refractivity (Wildman–Crippen MR) is 50.9 cm³/mol. The van der Waals surface area contributed by atoms with Crippen molar-refractivity contribution in [1.29, 1.82) is 0 Å². The number of carbonyl (C=O) groups is 1. The zero-order chi connectivity index (χ0) is 10.2. The summed E-state index contributed by atoms with van der Waals surface area (Å²) in [5.74, 6) is 0. The molecule has 0 radical (unpaired) electrons. The molecule has 1 aromatic rings. The molecule has 14 heavy (non-hydrogen) atoms. The summed E-state index contributed by atoms with van der Waals surface area (Å²) < 4.78 is 0. The number of hydrogen-bond donors (Lipinski definition) is 3. The average Bonchev–Trinajstić information content (AvgIpc) is 2.21. The van der Waals surface area contributed by atoms with Crippen molar-refractivity contribution in [3.63, 3.8) is 0 Å². The van der Waals surface area contributed by atoms with E-state index in [9.17, 15) is 9.59 Å². The van der Waals surface area contributed by atoms with E-state index < -0.39 is 0 Å². The fourth-order valence-electron chi connectivity index (χ4n) is 0.865. The number of nitrogens with one attached hydrogen (secondary N) is 3. The van der Waals surface area contributed by atoms with Gasteiger partial charge in [0, 0.05) is 25.5 Å². The summed E-state index contributed by atoms with van der Waals surface area (Å²) in [4.78, 5) is 26.1. The van der Waals surface area contributed by atoms with Crippen LogP contribution in [0.4, 0.5) is 4.79 Å². The van der Waals surface area contributed by atoms with E-state index in [-0.39, 0.29) is 11.7 Å².